The third-order valence-electron chi connectivity index (χ3n) is 3.29. The monoisotopic (exact) mass is 247 g/mol. The van der Waals surface area contributed by atoms with Crippen molar-refractivity contribution in [2.75, 3.05) is 18.4 Å². The van der Waals surface area contributed by atoms with E-state index in [4.69, 9.17) is 4.98 Å². The number of piperidine rings is 1. The lowest BCUT2D eigenvalue weighted by atomic mass is 10.1. The van der Waals surface area contributed by atoms with Gasteiger partial charge in [0.15, 0.2) is 5.13 Å². The Bertz CT molecular complexity index is 514. The van der Waals surface area contributed by atoms with Crippen LogP contribution < -0.4 is 10.6 Å². The number of anilines is 1. The summed E-state index contributed by atoms with van der Waals surface area (Å²) in [6.45, 7) is 4.35. The molecule has 1 fully saturated rings. The minimum atomic E-state index is 0.581. The van der Waals surface area contributed by atoms with Crippen molar-refractivity contribution in [1.82, 2.24) is 10.3 Å². The highest BCUT2D eigenvalue weighted by molar-refractivity contribution is 7.22. The Labute approximate surface area is 105 Å². The number of aryl methyl sites for hydroxylation is 1. The van der Waals surface area contributed by atoms with Crippen LogP contribution in [-0.4, -0.2) is 24.1 Å². The fraction of sp³-hybridized carbons (Fsp3) is 0.462. The van der Waals surface area contributed by atoms with Gasteiger partial charge in [-0.2, -0.15) is 0 Å². The van der Waals surface area contributed by atoms with Crippen LogP contribution in [-0.2, 0) is 0 Å². The van der Waals surface area contributed by atoms with Gasteiger partial charge in [-0.05, 0) is 44.5 Å². The van der Waals surface area contributed by atoms with Gasteiger partial charge in [-0.25, -0.2) is 4.98 Å². The summed E-state index contributed by atoms with van der Waals surface area (Å²) in [5, 5.41) is 8.01. The molecule has 2 aromatic rings. The van der Waals surface area contributed by atoms with Crippen LogP contribution >= 0.6 is 11.3 Å². The second kappa shape index (κ2) is 4.63. The maximum atomic E-state index is 4.69. The van der Waals surface area contributed by atoms with Gasteiger partial charge in [-0.1, -0.05) is 23.5 Å². The first-order valence-electron chi connectivity index (χ1n) is 6.16. The van der Waals surface area contributed by atoms with E-state index in [1.165, 1.54) is 23.1 Å². The molecule has 0 spiro atoms. The molecule has 0 bridgehead atoms. The van der Waals surface area contributed by atoms with Crippen molar-refractivity contribution in [3.63, 3.8) is 0 Å². The van der Waals surface area contributed by atoms with Crippen LogP contribution in [0.3, 0.4) is 0 Å². The molecule has 0 radical (unpaired) electrons. The average molecular weight is 247 g/mol. The Morgan fingerprint density at radius 3 is 2.94 bits per heavy atom. The summed E-state index contributed by atoms with van der Waals surface area (Å²) in [6.07, 6.45) is 2.38. The third-order valence-corrected chi connectivity index (χ3v) is 4.24. The van der Waals surface area contributed by atoms with E-state index >= 15 is 0 Å². The van der Waals surface area contributed by atoms with Crippen LogP contribution in [0.15, 0.2) is 18.2 Å². The summed E-state index contributed by atoms with van der Waals surface area (Å²) in [7, 11) is 0. The lowest BCUT2D eigenvalue weighted by Crippen LogP contribution is -2.35. The number of fused-ring (bicyclic) bond motifs is 1. The maximum absolute atomic E-state index is 4.69. The zero-order valence-electron chi connectivity index (χ0n) is 9.99. The summed E-state index contributed by atoms with van der Waals surface area (Å²) in [6, 6.07) is 6.95. The van der Waals surface area contributed by atoms with Crippen molar-refractivity contribution in [3.05, 3.63) is 23.8 Å². The molecule has 17 heavy (non-hydrogen) atoms. The number of hydrogen-bond acceptors (Lipinski definition) is 4. The summed E-state index contributed by atoms with van der Waals surface area (Å²) in [5.74, 6) is 0. The van der Waals surface area contributed by atoms with E-state index in [9.17, 15) is 0 Å². The Hall–Kier alpha value is -1.13. The van der Waals surface area contributed by atoms with Crippen molar-refractivity contribution in [2.45, 2.75) is 25.8 Å². The van der Waals surface area contributed by atoms with Gasteiger partial charge in [-0.15, -0.1) is 0 Å². The van der Waals surface area contributed by atoms with Gasteiger partial charge < -0.3 is 10.6 Å². The average Bonchev–Trinajstić information content (AvgIpc) is 2.74. The smallest absolute Gasteiger partial charge is 0.184 e. The molecular formula is C13H17N3S. The molecule has 2 heterocycles. The molecule has 0 amide bonds. The molecule has 1 saturated heterocycles. The second-order valence-electron chi connectivity index (χ2n) is 4.61. The van der Waals surface area contributed by atoms with Crippen LogP contribution in [0.5, 0.6) is 0 Å². The highest BCUT2D eigenvalue weighted by Gasteiger charge is 2.14. The zero-order chi connectivity index (χ0) is 11.7. The Morgan fingerprint density at radius 1 is 1.35 bits per heavy atom. The number of thiazole rings is 1. The number of hydrogen-bond donors (Lipinski definition) is 2. The van der Waals surface area contributed by atoms with E-state index in [0.717, 1.165) is 23.7 Å². The fourth-order valence-corrected chi connectivity index (χ4v) is 3.31. The van der Waals surface area contributed by atoms with E-state index in [2.05, 4.69) is 35.8 Å². The molecule has 4 heteroatoms. The number of rotatable bonds is 2. The zero-order valence-corrected chi connectivity index (χ0v) is 10.8. The minimum Gasteiger partial charge on any atom is -0.359 e. The molecule has 3 nitrogen and oxygen atoms in total. The van der Waals surface area contributed by atoms with Crippen LogP contribution in [0, 0.1) is 6.92 Å². The number of nitrogens with zero attached hydrogens (tertiary/aromatic N) is 1. The molecular weight excluding hydrogens is 230 g/mol. The van der Waals surface area contributed by atoms with E-state index in [1.807, 2.05) is 0 Å². The third kappa shape index (κ3) is 2.28. The predicted octanol–water partition coefficient (Wildman–Crippen LogP) is 2.77. The first-order valence-corrected chi connectivity index (χ1v) is 6.98. The molecule has 3 rings (SSSR count). The van der Waals surface area contributed by atoms with Crippen molar-refractivity contribution in [3.8, 4) is 0 Å². The van der Waals surface area contributed by atoms with Crippen LogP contribution in [0.4, 0.5) is 5.13 Å². The topological polar surface area (TPSA) is 37.0 Å². The van der Waals surface area contributed by atoms with E-state index in [1.54, 1.807) is 11.3 Å². The minimum absolute atomic E-state index is 0.581. The van der Waals surface area contributed by atoms with Gasteiger partial charge in [0.25, 0.3) is 0 Å². The normalized spacial score (nSPS) is 17.5. The van der Waals surface area contributed by atoms with Crippen LogP contribution in [0.1, 0.15) is 18.4 Å². The summed E-state index contributed by atoms with van der Waals surface area (Å²) in [5.41, 5.74) is 2.41. The molecule has 1 aromatic carbocycles. The van der Waals surface area contributed by atoms with Gasteiger partial charge in [0.05, 0.1) is 10.2 Å². The van der Waals surface area contributed by atoms with Gasteiger partial charge >= 0.3 is 0 Å². The largest absolute Gasteiger partial charge is 0.359 e. The molecule has 0 atom stereocenters. The molecule has 0 aliphatic carbocycles. The highest BCUT2D eigenvalue weighted by Crippen LogP contribution is 2.28. The Balaban J connectivity index is 1.83. The Morgan fingerprint density at radius 2 is 2.18 bits per heavy atom. The van der Waals surface area contributed by atoms with E-state index in [0.29, 0.717) is 6.04 Å². The number of benzene rings is 1. The summed E-state index contributed by atoms with van der Waals surface area (Å²) in [4.78, 5) is 4.69. The first-order chi connectivity index (χ1) is 8.33. The van der Waals surface area contributed by atoms with E-state index < -0.39 is 0 Å². The van der Waals surface area contributed by atoms with Gasteiger partial charge in [0.2, 0.25) is 0 Å². The fourth-order valence-electron chi connectivity index (χ4n) is 2.29. The van der Waals surface area contributed by atoms with Crippen molar-refractivity contribution in [2.24, 2.45) is 0 Å². The maximum Gasteiger partial charge on any atom is 0.184 e. The standard InChI is InChI=1S/C13H17N3S/c1-9-3-2-4-11-12(9)16-13(17-11)15-10-5-7-14-8-6-10/h2-4,10,14H,5-8H2,1H3,(H,15,16). The number of aromatic nitrogens is 1. The molecule has 90 valence electrons. The molecule has 0 saturated carbocycles. The van der Waals surface area contributed by atoms with Crippen LogP contribution in [0.25, 0.3) is 10.2 Å². The summed E-state index contributed by atoms with van der Waals surface area (Å²) < 4.78 is 1.28. The second-order valence-corrected chi connectivity index (χ2v) is 5.64. The lowest BCUT2D eigenvalue weighted by molar-refractivity contribution is 0.479. The number of nitrogens with one attached hydrogen (secondary N) is 2. The van der Waals surface area contributed by atoms with Gasteiger partial charge in [0.1, 0.15) is 0 Å². The first kappa shape index (κ1) is 11.0. The Kier molecular flexibility index (Phi) is 2.99. The molecule has 1 aromatic heterocycles. The van der Waals surface area contributed by atoms with Crippen molar-refractivity contribution < 1.29 is 0 Å². The van der Waals surface area contributed by atoms with Gasteiger partial charge in [-0.3, -0.25) is 0 Å². The van der Waals surface area contributed by atoms with Crippen molar-refractivity contribution >= 4 is 26.7 Å². The van der Waals surface area contributed by atoms with Gasteiger partial charge in [0, 0.05) is 6.04 Å². The van der Waals surface area contributed by atoms with Crippen LogP contribution in [0.2, 0.25) is 0 Å². The lowest BCUT2D eigenvalue weighted by Gasteiger charge is -2.23. The van der Waals surface area contributed by atoms with Crippen molar-refractivity contribution in [1.29, 1.82) is 0 Å². The van der Waals surface area contributed by atoms with E-state index in [-0.39, 0.29) is 0 Å². The molecule has 1 aliphatic heterocycles. The summed E-state index contributed by atoms with van der Waals surface area (Å²) >= 11 is 1.76. The molecule has 0 unspecified atom stereocenters. The quantitative estimate of drug-likeness (QED) is 0.857. The molecule has 2 N–H and O–H groups in total. The predicted molar refractivity (Wildman–Crippen MR) is 73.9 cm³/mol. The number of para-hydroxylation sites is 1. The SMILES string of the molecule is Cc1cccc2sc(NC3CCNCC3)nc12. The molecule has 1 aliphatic rings. The highest BCUT2D eigenvalue weighted by atomic mass is 32.1.